The Kier molecular flexibility index (Phi) is 5.17. The average molecular weight is 181 g/mol. The van der Waals surface area contributed by atoms with Gasteiger partial charge in [0.25, 0.3) is 5.91 Å². The summed E-state index contributed by atoms with van der Waals surface area (Å²) in [5.74, 6) is 0.246. The molecule has 0 radical (unpaired) electrons. The summed E-state index contributed by atoms with van der Waals surface area (Å²) in [6.07, 6.45) is 0.977. The van der Waals surface area contributed by atoms with Gasteiger partial charge >= 0.3 is 0 Å². The molecule has 0 unspecified atom stereocenters. The van der Waals surface area contributed by atoms with Gasteiger partial charge in [-0.05, 0) is 12.3 Å². The Labute approximate surface area is 80.9 Å². The molecule has 0 spiro atoms. The number of carbonyl (C=O) groups is 1. The van der Waals surface area contributed by atoms with Gasteiger partial charge in [0.05, 0.1) is 5.57 Å². The Hall–Kier alpha value is -1.01. The van der Waals surface area contributed by atoms with Crippen molar-refractivity contribution in [2.45, 2.75) is 27.2 Å². The van der Waals surface area contributed by atoms with Gasteiger partial charge in [0.2, 0.25) is 0 Å². The van der Waals surface area contributed by atoms with E-state index in [2.05, 4.69) is 19.2 Å². The van der Waals surface area contributed by atoms with Crippen LogP contribution in [-0.4, -0.2) is 24.4 Å². The molecule has 0 saturated heterocycles. The van der Waals surface area contributed by atoms with Crippen molar-refractivity contribution < 1.29 is 4.79 Å². The summed E-state index contributed by atoms with van der Waals surface area (Å²) in [5.41, 5.74) is 3.39. The first-order chi connectivity index (χ1) is 6.04. The Morgan fingerprint density at radius 2 is 2.08 bits per heavy atom. The second kappa shape index (κ2) is 5.60. The molecule has 0 heterocycles. The maximum Gasteiger partial charge on any atom is 0.257 e. The van der Waals surface area contributed by atoms with E-state index >= 15 is 0 Å². The van der Waals surface area contributed by atoms with Gasteiger partial charge in [-0.1, -0.05) is 27.4 Å². The monoisotopic (exact) mass is 181 g/mol. The van der Waals surface area contributed by atoms with Gasteiger partial charge in [-0.2, -0.15) is 0 Å². The van der Waals surface area contributed by atoms with Crippen molar-refractivity contribution in [1.82, 2.24) is 4.90 Å². The molecule has 0 rings (SSSR count). The number of likely N-dealkylation sites (N-methyl/N-ethyl adjacent to an activating group) is 1. The number of nitrogens with zero attached hydrogens (tertiary/aromatic N) is 1. The van der Waals surface area contributed by atoms with E-state index in [1.54, 1.807) is 4.90 Å². The quantitative estimate of drug-likeness (QED) is 0.481. The van der Waals surface area contributed by atoms with Gasteiger partial charge in [0.1, 0.15) is 0 Å². The van der Waals surface area contributed by atoms with Crippen molar-refractivity contribution in [2.75, 3.05) is 13.6 Å². The van der Waals surface area contributed by atoms with E-state index in [-0.39, 0.29) is 11.8 Å². The maximum absolute atomic E-state index is 11.7. The average Bonchev–Trinajstić information content (AvgIpc) is 2.05. The molecular formula is C11H19NO. The lowest BCUT2D eigenvalue weighted by molar-refractivity contribution is -0.126. The molecule has 0 N–H and O–H groups in total. The van der Waals surface area contributed by atoms with Crippen LogP contribution in [0.3, 0.4) is 0 Å². The lowest BCUT2D eigenvalue weighted by Crippen LogP contribution is -2.30. The SMILES string of the molecule is C=C=C(C(=O)N(C)CCC)C(C)C. The molecule has 0 aliphatic rings. The van der Waals surface area contributed by atoms with Crippen LogP contribution in [0.25, 0.3) is 0 Å². The molecule has 0 bridgehead atoms. The predicted octanol–water partition coefficient (Wildman–Crippen LogP) is 2.22. The standard InChI is InChI=1S/C11H19NO/c1-6-8-12(5)11(13)10(7-2)9(3)4/h9H,2,6,8H2,1,3-5H3. The zero-order valence-corrected chi connectivity index (χ0v) is 9.05. The molecule has 0 aromatic heterocycles. The Balaban J connectivity index is 4.48. The van der Waals surface area contributed by atoms with Crippen LogP contribution in [0.2, 0.25) is 0 Å². The normalized spacial score (nSPS) is 9.62. The molecule has 0 saturated carbocycles. The minimum absolute atomic E-state index is 0.0480. The van der Waals surface area contributed by atoms with Gasteiger partial charge < -0.3 is 4.90 Å². The fourth-order valence-corrected chi connectivity index (χ4v) is 1.17. The van der Waals surface area contributed by atoms with E-state index in [0.29, 0.717) is 5.57 Å². The van der Waals surface area contributed by atoms with Gasteiger partial charge in [-0.3, -0.25) is 4.79 Å². The van der Waals surface area contributed by atoms with E-state index in [1.165, 1.54) is 0 Å². The Morgan fingerprint density at radius 1 is 1.54 bits per heavy atom. The van der Waals surface area contributed by atoms with Gasteiger partial charge in [-0.15, -0.1) is 5.73 Å². The summed E-state index contributed by atoms with van der Waals surface area (Å²) >= 11 is 0. The third-order valence-corrected chi connectivity index (χ3v) is 1.90. The van der Waals surface area contributed by atoms with Crippen LogP contribution in [0.15, 0.2) is 17.9 Å². The lowest BCUT2D eigenvalue weighted by Gasteiger charge is -2.18. The number of carbonyl (C=O) groups excluding carboxylic acids is 1. The molecule has 0 aliphatic heterocycles. The molecule has 0 aromatic carbocycles. The third-order valence-electron chi connectivity index (χ3n) is 1.90. The van der Waals surface area contributed by atoms with Gasteiger partial charge in [0.15, 0.2) is 0 Å². The van der Waals surface area contributed by atoms with Crippen molar-refractivity contribution in [3.63, 3.8) is 0 Å². The highest BCUT2D eigenvalue weighted by Gasteiger charge is 2.15. The molecule has 0 aliphatic carbocycles. The van der Waals surface area contributed by atoms with Crippen molar-refractivity contribution in [2.24, 2.45) is 5.92 Å². The first-order valence-electron chi connectivity index (χ1n) is 4.70. The fourth-order valence-electron chi connectivity index (χ4n) is 1.17. The van der Waals surface area contributed by atoms with E-state index in [4.69, 9.17) is 0 Å². The summed E-state index contributed by atoms with van der Waals surface area (Å²) in [6, 6.07) is 0. The summed E-state index contributed by atoms with van der Waals surface area (Å²) in [5, 5.41) is 0. The van der Waals surface area contributed by atoms with E-state index < -0.39 is 0 Å². The number of hydrogen-bond donors (Lipinski definition) is 0. The highest BCUT2D eigenvalue weighted by molar-refractivity contribution is 5.93. The van der Waals surface area contributed by atoms with Crippen LogP contribution in [0, 0.1) is 5.92 Å². The third kappa shape index (κ3) is 3.47. The predicted molar refractivity (Wildman–Crippen MR) is 55.4 cm³/mol. The molecule has 0 aromatic rings. The minimum Gasteiger partial charge on any atom is -0.341 e. The molecule has 0 fully saturated rings. The first-order valence-corrected chi connectivity index (χ1v) is 4.70. The summed E-state index contributed by atoms with van der Waals surface area (Å²) in [6.45, 7) is 10.3. The van der Waals surface area contributed by atoms with E-state index in [9.17, 15) is 4.79 Å². The van der Waals surface area contributed by atoms with Crippen LogP contribution in [0.5, 0.6) is 0 Å². The zero-order chi connectivity index (χ0) is 10.4. The Bertz CT molecular complexity index is 224. The number of hydrogen-bond acceptors (Lipinski definition) is 1. The largest absolute Gasteiger partial charge is 0.341 e. The summed E-state index contributed by atoms with van der Waals surface area (Å²) in [4.78, 5) is 13.4. The molecule has 1 amide bonds. The second-order valence-electron chi connectivity index (χ2n) is 3.47. The van der Waals surface area contributed by atoms with Crippen LogP contribution in [0.4, 0.5) is 0 Å². The zero-order valence-electron chi connectivity index (χ0n) is 9.05. The smallest absolute Gasteiger partial charge is 0.257 e. The maximum atomic E-state index is 11.7. The number of rotatable bonds is 4. The molecule has 13 heavy (non-hydrogen) atoms. The van der Waals surface area contributed by atoms with Crippen LogP contribution < -0.4 is 0 Å². The lowest BCUT2D eigenvalue weighted by atomic mass is 10.0. The van der Waals surface area contributed by atoms with Crippen LogP contribution in [-0.2, 0) is 4.79 Å². The second-order valence-corrected chi connectivity index (χ2v) is 3.47. The van der Waals surface area contributed by atoms with Crippen molar-refractivity contribution in [1.29, 1.82) is 0 Å². The first kappa shape index (κ1) is 12.0. The minimum atomic E-state index is 0.0480. The summed E-state index contributed by atoms with van der Waals surface area (Å²) < 4.78 is 0. The molecular weight excluding hydrogens is 162 g/mol. The van der Waals surface area contributed by atoms with Crippen molar-refractivity contribution in [3.8, 4) is 0 Å². The van der Waals surface area contributed by atoms with E-state index in [0.717, 1.165) is 13.0 Å². The molecule has 0 atom stereocenters. The highest BCUT2D eigenvalue weighted by atomic mass is 16.2. The molecule has 74 valence electrons. The molecule has 2 heteroatoms. The van der Waals surface area contributed by atoms with Gasteiger partial charge in [-0.25, -0.2) is 0 Å². The van der Waals surface area contributed by atoms with Crippen molar-refractivity contribution >= 4 is 5.91 Å². The molecule has 2 nitrogen and oxygen atoms in total. The fraction of sp³-hybridized carbons (Fsp3) is 0.636. The van der Waals surface area contributed by atoms with Gasteiger partial charge in [0, 0.05) is 13.6 Å². The number of amides is 1. The van der Waals surface area contributed by atoms with Crippen molar-refractivity contribution in [3.05, 3.63) is 17.9 Å². The topological polar surface area (TPSA) is 20.3 Å². The van der Waals surface area contributed by atoms with Crippen LogP contribution in [0.1, 0.15) is 27.2 Å². The van der Waals surface area contributed by atoms with Crippen LogP contribution >= 0.6 is 0 Å². The Morgan fingerprint density at radius 3 is 2.38 bits per heavy atom. The van der Waals surface area contributed by atoms with E-state index in [1.807, 2.05) is 20.9 Å². The summed E-state index contributed by atoms with van der Waals surface area (Å²) in [7, 11) is 1.81. The highest BCUT2D eigenvalue weighted by Crippen LogP contribution is 2.10.